The van der Waals surface area contributed by atoms with Crippen LogP contribution in [-0.2, 0) is 19.2 Å². The van der Waals surface area contributed by atoms with Crippen molar-refractivity contribution < 1.29 is 34.5 Å². The molecule has 0 heterocycles. The van der Waals surface area contributed by atoms with Crippen LogP contribution in [0.4, 0.5) is 0 Å². The van der Waals surface area contributed by atoms with Crippen molar-refractivity contribution in [1.29, 1.82) is 0 Å². The Balaban J connectivity index is 4.70. The number of carboxylic acid groups (broad SMARTS) is 3. The Morgan fingerprint density at radius 2 is 1.67 bits per heavy atom. The zero-order valence-electron chi connectivity index (χ0n) is 9.11. The van der Waals surface area contributed by atoms with Gasteiger partial charge < -0.3 is 21.1 Å². The highest BCUT2D eigenvalue weighted by Gasteiger charge is 2.35. The molecule has 18 heavy (non-hydrogen) atoms. The van der Waals surface area contributed by atoms with Crippen molar-refractivity contribution in [3.8, 4) is 0 Å². The van der Waals surface area contributed by atoms with E-state index in [-0.39, 0.29) is 5.75 Å². The lowest BCUT2D eigenvalue weighted by atomic mass is 10.0. The lowest BCUT2D eigenvalue weighted by Gasteiger charge is -2.17. The van der Waals surface area contributed by atoms with Crippen molar-refractivity contribution in [3.63, 3.8) is 0 Å². The van der Waals surface area contributed by atoms with Gasteiger partial charge in [-0.1, -0.05) is 0 Å². The van der Waals surface area contributed by atoms with E-state index in [0.717, 1.165) is 6.42 Å². The average molecular weight is 278 g/mol. The van der Waals surface area contributed by atoms with E-state index in [1.807, 2.05) is 0 Å². The summed E-state index contributed by atoms with van der Waals surface area (Å²) >= 11 is 0.636. The van der Waals surface area contributed by atoms with E-state index in [0.29, 0.717) is 11.8 Å². The third-order valence-corrected chi connectivity index (χ3v) is 3.13. The van der Waals surface area contributed by atoms with Gasteiger partial charge in [-0.2, -0.15) is 0 Å². The number of rotatable bonds is 9. The summed E-state index contributed by atoms with van der Waals surface area (Å²) in [4.78, 5) is 42.6. The lowest BCUT2D eigenvalue weighted by Crippen LogP contribution is -2.34. The standard InChI is InChI=1S/C9H12NO7S/c10-5(11)1-2-18-7(9(16)17)4(8(14)15)3-6(12)13/h1,4,7H,2-3H2,(H2,10,11)(H,12,13)(H,14,15)(H,16,17). The van der Waals surface area contributed by atoms with Crippen LogP contribution in [0.3, 0.4) is 0 Å². The maximum atomic E-state index is 10.9. The minimum Gasteiger partial charge on any atom is -0.481 e. The van der Waals surface area contributed by atoms with Gasteiger partial charge in [0.2, 0.25) is 5.91 Å². The number of thioether (sulfide) groups is 1. The van der Waals surface area contributed by atoms with E-state index in [2.05, 4.69) is 0 Å². The third kappa shape index (κ3) is 6.09. The molecule has 8 nitrogen and oxygen atoms in total. The molecule has 0 fully saturated rings. The molecule has 0 aliphatic carbocycles. The summed E-state index contributed by atoms with van der Waals surface area (Å²) in [7, 11) is 0. The molecule has 2 atom stereocenters. The largest absolute Gasteiger partial charge is 0.481 e. The van der Waals surface area contributed by atoms with Crippen LogP contribution in [-0.4, -0.2) is 50.1 Å². The van der Waals surface area contributed by atoms with Gasteiger partial charge in [0.05, 0.1) is 18.8 Å². The molecule has 0 aromatic rings. The van der Waals surface area contributed by atoms with Crippen molar-refractivity contribution in [2.24, 2.45) is 11.7 Å². The highest BCUT2D eigenvalue weighted by Crippen LogP contribution is 2.24. The van der Waals surface area contributed by atoms with Gasteiger partial charge in [-0.25, -0.2) is 0 Å². The van der Waals surface area contributed by atoms with E-state index >= 15 is 0 Å². The topological polar surface area (TPSA) is 155 Å². The van der Waals surface area contributed by atoms with Crippen LogP contribution >= 0.6 is 11.8 Å². The summed E-state index contributed by atoms with van der Waals surface area (Å²) in [6, 6.07) is 0. The van der Waals surface area contributed by atoms with Gasteiger partial charge >= 0.3 is 17.9 Å². The Morgan fingerprint density at radius 3 is 2.00 bits per heavy atom. The number of hydrogen-bond acceptors (Lipinski definition) is 5. The highest BCUT2D eigenvalue weighted by molar-refractivity contribution is 8.00. The van der Waals surface area contributed by atoms with E-state index in [1.54, 1.807) is 0 Å². The van der Waals surface area contributed by atoms with Gasteiger partial charge in [-0.05, 0) is 0 Å². The fourth-order valence-corrected chi connectivity index (χ4v) is 2.16. The molecule has 0 aliphatic heterocycles. The lowest BCUT2D eigenvalue weighted by molar-refractivity contribution is -0.151. The van der Waals surface area contributed by atoms with Crippen LogP contribution in [0.1, 0.15) is 6.42 Å². The molecule has 1 radical (unpaired) electrons. The number of carbonyl (C=O) groups is 4. The minimum absolute atomic E-state index is 0.101. The van der Waals surface area contributed by atoms with Crippen molar-refractivity contribution in [1.82, 2.24) is 0 Å². The van der Waals surface area contributed by atoms with Crippen LogP contribution in [0, 0.1) is 12.3 Å². The van der Waals surface area contributed by atoms with E-state index in [1.165, 1.54) is 0 Å². The summed E-state index contributed by atoms with van der Waals surface area (Å²) in [5.41, 5.74) is 4.81. The second kappa shape index (κ2) is 7.54. The Morgan fingerprint density at radius 1 is 1.11 bits per heavy atom. The first-order valence-corrected chi connectivity index (χ1v) is 5.72. The number of amides is 1. The molecule has 0 aliphatic rings. The Kier molecular flexibility index (Phi) is 6.79. The van der Waals surface area contributed by atoms with Crippen molar-refractivity contribution >= 4 is 35.6 Å². The van der Waals surface area contributed by atoms with Crippen LogP contribution < -0.4 is 5.73 Å². The number of hydrogen-bond donors (Lipinski definition) is 4. The maximum Gasteiger partial charge on any atom is 0.317 e. The van der Waals surface area contributed by atoms with Crippen LogP contribution in [0.2, 0.25) is 0 Å². The first-order valence-electron chi connectivity index (χ1n) is 4.67. The molecule has 1 amide bonds. The molecule has 5 N–H and O–H groups in total. The smallest absolute Gasteiger partial charge is 0.317 e. The predicted molar refractivity (Wildman–Crippen MR) is 60.8 cm³/mol. The minimum atomic E-state index is -1.58. The molecule has 2 unspecified atom stereocenters. The number of carboxylic acids is 3. The summed E-state index contributed by atoms with van der Waals surface area (Å²) in [6.45, 7) is 0. The molecule has 0 rings (SSSR count). The number of carbonyl (C=O) groups excluding carboxylic acids is 1. The molecule has 9 heteroatoms. The second-order valence-electron chi connectivity index (χ2n) is 3.24. The van der Waals surface area contributed by atoms with E-state index in [9.17, 15) is 19.2 Å². The molecule has 0 saturated heterocycles. The van der Waals surface area contributed by atoms with Gasteiger partial charge in [0.1, 0.15) is 5.25 Å². The Bertz CT molecular complexity index is 357. The zero-order valence-corrected chi connectivity index (χ0v) is 9.92. The van der Waals surface area contributed by atoms with E-state index in [4.69, 9.17) is 21.1 Å². The first kappa shape index (κ1) is 16.2. The average Bonchev–Trinajstić information content (AvgIpc) is 2.20. The quantitative estimate of drug-likeness (QED) is 0.420. The molecule has 0 spiro atoms. The van der Waals surface area contributed by atoms with Crippen LogP contribution in [0.15, 0.2) is 0 Å². The molecule has 0 saturated carbocycles. The summed E-state index contributed by atoms with van der Waals surface area (Å²) in [5.74, 6) is -6.82. The first-order chi connectivity index (χ1) is 8.25. The monoisotopic (exact) mass is 278 g/mol. The SMILES string of the molecule is NC(=O)[CH]CSC(C(=O)O)C(CC(=O)O)C(=O)O. The third-order valence-electron chi connectivity index (χ3n) is 1.88. The van der Waals surface area contributed by atoms with Gasteiger partial charge in [-0.3, -0.25) is 19.2 Å². The predicted octanol–water partition coefficient (Wildman–Crippen LogP) is -0.962. The Hall–Kier alpha value is -1.77. The maximum absolute atomic E-state index is 10.9. The molecular weight excluding hydrogens is 266 g/mol. The Labute approximate surface area is 106 Å². The number of aliphatic carboxylic acids is 3. The van der Waals surface area contributed by atoms with Gasteiger partial charge in [0.25, 0.3) is 0 Å². The van der Waals surface area contributed by atoms with Gasteiger partial charge in [-0.15, -0.1) is 11.8 Å². The molecule has 0 aromatic carbocycles. The van der Waals surface area contributed by atoms with Gasteiger partial charge in [0, 0.05) is 5.75 Å². The highest BCUT2D eigenvalue weighted by atomic mass is 32.2. The zero-order chi connectivity index (χ0) is 14.3. The molecular formula is C9H12NO7S. The molecule has 0 aromatic heterocycles. The summed E-state index contributed by atoms with van der Waals surface area (Å²) in [6.07, 6.45) is 0.177. The van der Waals surface area contributed by atoms with Gasteiger partial charge in [0.15, 0.2) is 0 Å². The van der Waals surface area contributed by atoms with Crippen molar-refractivity contribution in [2.75, 3.05) is 5.75 Å². The number of primary amides is 1. The normalized spacial score (nSPS) is 13.6. The fourth-order valence-electron chi connectivity index (χ4n) is 1.11. The number of nitrogens with two attached hydrogens (primary N) is 1. The van der Waals surface area contributed by atoms with Crippen LogP contribution in [0.5, 0.6) is 0 Å². The van der Waals surface area contributed by atoms with E-state index < -0.39 is 41.4 Å². The summed E-state index contributed by atoms with van der Waals surface area (Å²) in [5, 5.41) is 24.7. The van der Waals surface area contributed by atoms with Crippen molar-refractivity contribution in [3.05, 3.63) is 6.42 Å². The van der Waals surface area contributed by atoms with Crippen molar-refractivity contribution in [2.45, 2.75) is 11.7 Å². The molecule has 0 bridgehead atoms. The van der Waals surface area contributed by atoms with Crippen LogP contribution in [0.25, 0.3) is 0 Å². The molecule has 101 valence electrons. The fraction of sp³-hybridized carbons (Fsp3) is 0.444. The summed E-state index contributed by atoms with van der Waals surface area (Å²) < 4.78 is 0. The second-order valence-corrected chi connectivity index (χ2v) is 4.42.